The summed E-state index contributed by atoms with van der Waals surface area (Å²) in [5, 5.41) is 6.25. The summed E-state index contributed by atoms with van der Waals surface area (Å²) in [6.07, 6.45) is 5.51. The molecule has 1 aliphatic rings. The molecule has 0 aliphatic heterocycles. The molecule has 1 atom stereocenters. The van der Waals surface area contributed by atoms with Crippen LogP contribution < -0.4 is 16.2 Å². The number of amides is 2. The van der Waals surface area contributed by atoms with Gasteiger partial charge in [0.1, 0.15) is 16.7 Å². The fraction of sp³-hybridized carbons (Fsp3) is 0.600. The van der Waals surface area contributed by atoms with E-state index in [2.05, 4.69) is 20.6 Å². The molecule has 0 saturated carbocycles. The van der Waals surface area contributed by atoms with Crippen LogP contribution in [0.15, 0.2) is 4.79 Å². The molecule has 0 aromatic carbocycles. The third kappa shape index (κ3) is 5.60. The van der Waals surface area contributed by atoms with Crippen LogP contribution >= 0.6 is 23.1 Å². The quantitative estimate of drug-likeness (QED) is 0.524. The van der Waals surface area contributed by atoms with Crippen molar-refractivity contribution in [1.82, 2.24) is 20.6 Å². The van der Waals surface area contributed by atoms with Crippen molar-refractivity contribution in [1.29, 1.82) is 0 Å². The van der Waals surface area contributed by atoms with Gasteiger partial charge < -0.3 is 15.6 Å². The van der Waals surface area contributed by atoms with E-state index in [1.807, 2.05) is 6.92 Å². The van der Waals surface area contributed by atoms with Crippen LogP contribution in [-0.4, -0.2) is 40.1 Å². The Bertz CT molecular complexity index is 938. The van der Waals surface area contributed by atoms with Crippen LogP contribution in [0.3, 0.4) is 0 Å². The molecule has 2 heterocycles. The highest BCUT2D eigenvalue weighted by atomic mass is 32.2. The molecule has 29 heavy (non-hydrogen) atoms. The number of fused-ring (bicyclic) bond motifs is 3. The lowest BCUT2D eigenvalue weighted by molar-refractivity contribution is -0.128. The predicted octanol–water partition coefficient (Wildman–Crippen LogP) is 2.52. The number of aromatic amines is 1. The average molecular weight is 437 g/mol. The van der Waals surface area contributed by atoms with E-state index in [1.165, 1.54) is 16.9 Å². The summed E-state index contributed by atoms with van der Waals surface area (Å²) >= 11 is 3.19. The molecule has 0 bridgehead atoms. The number of nitrogens with one attached hydrogen (secondary N) is 3. The maximum absolute atomic E-state index is 12.5. The SMILES string of the molecule is CCCNC(=O)C(C)NC(=O)CCSCc1nc2sc3c(c2c(=O)[nH]1)CCCC3. The fourth-order valence-corrected chi connectivity index (χ4v) is 5.48. The van der Waals surface area contributed by atoms with E-state index >= 15 is 0 Å². The Morgan fingerprint density at radius 3 is 2.90 bits per heavy atom. The minimum absolute atomic E-state index is 0.0466. The topological polar surface area (TPSA) is 104 Å². The van der Waals surface area contributed by atoms with Gasteiger partial charge in [0.25, 0.3) is 5.56 Å². The zero-order valence-corrected chi connectivity index (χ0v) is 18.6. The highest BCUT2D eigenvalue weighted by molar-refractivity contribution is 7.98. The Balaban J connectivity index is 1.48. The minimum Gasteiger partial charge on any atom is -0.354 e. The number of thiophene rings is 1. The zero-order chi connectivity index (χ0) is 20.8. The molecule has 0 fully saturated rings. The standard InChI is InChI=1S/C20H28N4O3S2/c1-3-9-21-18(26)12(2)22-16(25)8-10-28-11-15-23-19(27)17-13-6-4-5-7-14(13)29-20(17)24-15/h12H,3-11H2,1-2H3,(H,21,26)(H,22,25)(H,23,24,27). The van der Waals surface area contributed by atoms with Crippen LogP contribution in [0.1, 0.15) is 55.8 Å². The Morgan fingerprint density at radius 2 is 2.10 bits per heavy atom. The second kappa shape index (κ2) is 10.2. The van der Waals surface area contributed by atoms with Gasteiger partial charge in [0.2, 0.25) is 11.8 Å². The first kappa shape index (κ1) is 21.8. The summed E-state index contributed by atoms with van der Waals surface area (Å²) in [6, 6.07) is -0.538. The Kier molecular flexibility index (Phi) is 7.71. The molecule has 0 saturated heterocycles. The summed E-state index contributed by atoms with van der Waals surface area (Å²) in [6.45, 7) is 4.27. The van der Waals surface area contributed by atoms with Crippen molar-refractivity contribution >= 4 is 45.1 Å². The van der Waals surface area contributed by atoms with Gasteiger partial charge in [-0.1, -0.05) is 6.92 Å². The van der Waals surface area contributed by atoms with Gasteiger partial charge in [-0.2, -0.15) is 11.8 Å². The largest absolute Gasteiger partial charge is 0.354 e. The lowest BCUT2D eigenvalue weighted by atomic mass is 9.97. The number of thioether (sulfide) groups is 1. The smallest absolute Gasteiger partial charge is 0.259 e. The molecule has 3 N–H and O–H groups in total. The van der Waals surface area contributed by atoms with Gasteiger partial charge in [-0.25, -0.2) is 4.98 Å². The summed E-state index contributed by atoms with van der Waals surface area (Å²) in [5.74, 6) is 1.48. The number of H-pyrrole nitrogens is 1. The van der Waals surface area contributed by atoms with Crippen molar-refractivity contribution in [3.8, 4) is 0 Å². The van der Waals surface area contributed by atoms with Crippen LogP contribution in [0.5, 0.6) is 0 Å². The molecule has 3 rings (SSSR count). The number of aromatic nitrogens is 2. The highest BCUT2D eigenvalue weighted by Crippen LogP contribution is 2.33. The number of carbonyl (C=O) groups is 2. The first-order valence-corrected chi connectivity index (χ1v) is 12.1. The Morgan fingerprint density at radius 1 is 1.31 bits per heavy atom. The molecule has 158 valence electrons. The van der Waals surface area contributed by atoms with Crippen molar-refractivity contribution < 1.29 is 9.59 Å². The summed E-state index contributed by atoms with van der Waals surface area (Å²) in [7, 11) is 0. The maximum Gasteiger partial charge on any atom is 0.259 e. The third-order valence-corrected chi connectivity index (χ3v) is 7.06. The van der Waals surface area contributed by atoms with E-state index < -0.39 is 6.04 Å². The van der Waals surface area contributed by atoms with Crippen molar-refractivity contribution in [2.75, 3.05) is 12.3 Å². The normalized spacial score (nSPS) is 14.4. The van der Waals surface area contributed by atoms with E-state index in [0.29, 0.717) is 30.3 Å². The molecule has 1 unspecified atom stereocenters. The number of hydrogen-bond donors (Lipinski definition) is 3. The number of nitrogens with zero attached hydrogens (tertiary/aromatic N) is 1. The van der Waals surface area contributed by atoms with Gasteiger partial charge in [-0.15, -0.1) is 11.3 Å². The molecular formula is C20H28N4O3S2. The van der Waals surface area contributed by atoms with E-state index in [9.17, 15) is 14.4 Å². The van der Waals surface area contributed by atoms with Gasteiger partial charge in [0.15, 0.2) is 0 Å². The zero-order valence-electron chi connectivity index (χ0n) is 16.9. The molecule has 9 heteroatoms. The molecular weight excluding hydrogens is 408 g/mol. The van der Waals surface area contributed by atoms with E-state index in [0.717, 1.165) is 35.9 Å². The lowest BCUT2D eigenvalue weighted by Gasteiger charge is -2.13. The van der Waals surface area contributed by atoms with Crippen LogP contribution in [0, 0.1) is 0 Å². The van der Waals surface area contributed by atoms with Crippen LogP contribution in [0.4, 0.5) is 0 Å². The molecule has 2 aromatic rings. The number of aryl methyl sites for hydroxylation is 2. The van der Waals surface area contributed by atoms with Crippen molar-refractivity contribution in [3.05, 3.63) is 26.6 Å². The van der Waals surface area contributed by atoms with Crippen molar-refractivity contribution in [3.63, 3.8) is 0 Å². The molecule has 2 amide bonds. The number of rotatable bonds is 9. The third-order valence-electron chi connectivity index (χ3n) is 4.91. The highest BCUT2D eigenvalue weighted by Gasteiger charge is 2.20. The molecule has 1 aliphatic carbocycles. The molecule has 0 radical (unpaired) electrons. The average Bonchev–Trinajstić information content (AvgIpc) is 3.08. The van der Waals surface area contributed by atoms with E-state index in [-0.39, 0.29) is 17.4 Å². The first-order valence-electron chi connectivity index (χ1n) is 10.2. The molecule has 2 aromatic heterocycles. The first-order chi connectivity index (χ1) is 14.0. The Hall–Kier alpha value is -1.87. The van der Waals surface area contributed by atoms with E-state index in [1.54, 1.807) is 30.0 Å². The fourth-order valence-electron chi connectivity index (χ4n) is 3.39. The van der Waals surface area contributed by atoms with Gasteiger partial charge in [-0.05, 0) is 44.6 Å². The maximum atomic E-state index is 12.5. The monoisotopic (exact) mass is 436 g/mol. The molecule has 0 spiro atoms. The Labute approximate surface area is 178 Å². The van der Waals surface area contributed by atoms with E-state index in [4.69, 9.17) is 0 Å². The van der Waals surface area contributed by atoms with Gasteiger partial charge >= 0.3 is 0 Å². The van der Waals surface area contributed by atoms with Crippen LogP contribution in [0.2, 0.25) is 0 Å². The van der Waals surface area contributed by atoms with Crippen LogP contribution in [0.25, 0.3) is 10.2 Å². The second-order valence-corrected chi connectivity index (χ2v) is 9.48. The minimum atomic E-state index is -0.538. The second-order valence-electron chi connectivity index (χ2n) is 7.29. The van der Waals surface area contributed by atoms with Gasteiger partial charge in [0.05, 0.1) is 11.1 Å². The lowest BCUT2D eigenvalue weighted by Crippen LogP contribution is -2.45. The molecule has 7 nitrogen and oxygen atoms in total. The summed E-state index contributed by atoms with van der Waals surface area (Å²) < 4.78 is 0. The van der Waals surface area contributed by atoms with Gasteiger partial charge in [0, 0.05) is 23.6 Å². The predicted molar refractivity (Wildman–Crippen MR) is 119 cm³/mol. The number of hydrogen-bond acceptors (Lipinski definition) is 6. The summed E-state index contributed by atoms with van der Waals surface area (Å²) in [5.41, 5.74) is 1.15. The van der Waals surface area contributed by atoms with Gasteiger partial charge in [-0.3, -0.25) is 14.4 Å². The van der Waals surface area contributed by atoms with Crippen LogP contribution in [-0.2, 0) is 28.2 Å². The van der Waals surface area contributed by atoms with Crippen molar-refractivity contribution in [2.45, 2.75) is 64.2 Å². The van der Waals surface area contributed by atoms with Crippen molar-refractivity contribution in [2.24, 2.45) is 0 Å². The summed E-state index contributed by atoms with van der Waals surface area (Å²) in [4.78, 5) is 46.0. The number of carbonyl (C=O) groups excluding carboxylic acids is 2.